The van der Waals surface area contributed by atoms with E-state index in [1.807, 2.05) is 23.1 Å². The molecule has 1 fully saturated rings. The van der Waals surface area contributed by atoms with E-state index in [2.05, 4.69) is 0 Å². The number of hydrogen-bond acceptors (Lipinski definition) is 4. The van der Waals surface area contributed by atoms with Crippen molar-refractivity contribution in [1.82, 2.24) is 4.90 Å². The third-order valence-corrected chi connectivity index (χ3v) is 5.48. The molecule has 2 aliphatic rings. The molecule has 4 rings (SSSR count). The molecule has 2 aromatic rings. The zero-order valence-corrected chi connectivity index (χ0v) is 15.7. The number of carbonyl (C=O) groups is 1. The Balaban J connectivity index is 1.38. The molecule has 2 aliphatic heterocycles. The maximum absolute atomic E-state index is 12.7. The van der Waals surface area contributed by atoms with Crippen LogP contribution in [0.15, 0.2) is 36.4 Å². The van der Waals surface area contributed by atoms with Crippen LogP contribution in [0.3, 0.4) is 0 Å². The Morgan fingerprint density at radius 1 is 1.19 bits per heavy atom. The van der Waals surface area contributed by atoms with E-state index in [1.165, 1.54) is 0 Å². The molecule has 0 bridgehead atoms. The minimum atomic E-state index is 0.0759. The van der Waals surface area contributed by atoms with E-state index in [1.54, 1.807) is 18.2 Å². The molecule has 0 aliphatic carbocycles. The lowest BCUT2D eigenvalue weighted by Gasteiger charge is -2.21. The van der Waals surface area contributed by atoms with Gasteiger partial charge in [0.2, 0.25) is 5.91 Å². The number of benzene rings is 2. The number of halogens is 1. The first kappa shape index (κ1) is 18.0. The van der Waals surface area contributed by atoms with Gasteiger partial charge in [-0.3, -0.25) is 4.79 Å². The summed E-state index contributed by atoms with van der Waals surface area (Å²) in [5.41, 5.74) is 1.87. The van der Waals surface area contributed by atoms with Crippen LogP contribution in [0.5, 0.6) is 17.2 Å². The average Bonchev–Trinajstić information content (AvgIpc) is 3.11. The Kier molecular flexibility index (Phi) is 5.12. The maximum atomic E-state index is 12.7. The Hall–Kier alpha value is -2.40. The molecular weight excluding hydrogens is 366 g/mol. The van der Waals surface area contributed by atoms with Gasteiger partial charge in [-0.1, -0.05) is 23.7 Å². The molecule has 5 nitrogen and oxygen atoms in total. The number of fused-ring (bicyclic) bond motifs is 1. The van der Waals surface area contributed by atoms with Crippen LogP contribution < -0.4 is 9.47 Å². The molecule has 1 atom stereocenters. The number of nitrogens with zero attached hydrogens (tertiary/aromatic N) is 1. The highest BCUT2D eigenvalue weighted by molar-refractivity contribution is 6.31. The van der Waals surface area contributed by atoms with Crippen LogP contribution in [-0.2, 0) is 17.6 Å². The highest BCUT2D eigenvalue weighted by Gasteiger charge is 2.27. The highest BCUT2D eigenvalue weighted by Crippen LogP contribution is 2.36. The van der Waals surface area contributed by atoms with Crippen molar-refractivity contribution in [2.24, 2.45) is 5.92 Å². The smallest absolute Gasteiger partial charge is 0.227 e. The summed E-state index contributed by atoms with van der Waals surface area (Å²) in [7, 11) is 0. The second-order valence-electron chi connectivity index (χ2n) is 7.13. The topological polar surface area (TPSA) is 59.0 Å². The van der Waals surface area contributed by atoms with Crippen LogP contribution in [0.2, 0.25) is 5.02 Å². The van der Waals surface area contributed by atoms with Crippen molar-refractivity contribution in [2.45, 2.75) is 19.3 Å². The molecule has 6 heteroatoms. The number of hydrogen-bond donors (Lipinski definition) is 1. The number of likely N-dealkylation sites (tertiary alicyclic amines) is 1. The number of carbonyl (C=O) groups excluding carboxylic acids is 1. The SMILES string of the molecule is O=C(Cc1cc2c(cc1Cl)OCCO2)N1CCC(Cc2cccc(O)c2)C1. The van der Waals surface area contributed by atoms with E-state index in [0.29, 0.717) is 35.7 Å². The van der Waals surface area contributed by atoms with Crippen LogP contribution >= 0.6 is 11.6 Å². The molecule has 0 spiro atoms. The number of aromatic hydroxyl groups is 1. The van der Waals surface area contributed by atoms with Gasteiger partial charge in [0.25, 0.3) is 0 Å². The van der Waals surface area contributed by atoms with Crippen molar-refractivity contribution < 1.29 is 19.4 Å². The second-order valence-corrected chi connectivity index (χ2v) is 7.54. The van der Waals surface area contributed by atoms with Gasteiger partial charge in [0.05, 0.1) is 6.42 Å². The van der Waals surface area contributed by atoms with Gasteiger partial charge in [0, 0.05) is 24.2 Å². The number of ether oxygens (including phenoxy) is 2. The predicted octanol–water partition coefficient (Wildman–Crippen LogP) is 3.45. The number of amides is 1. The van der Waals surface area contributed by atoms with Crippen molar-refractivity contribution >= 4 is 17.5 Å². The van der Waals surface area contributed by atoms with Crippen molar-refractivity contribution in [2.75, 3.05) is 26.3 Å². The van der Waals surface area contributed by atoms with Gasteiger partial charge in [-0.2, -0.15) is 0 Å². The number of rotatable bonds is 4. The lowest BCUT2D eigenvalue weighted by atomic mass is 9.98. The summed E-state index contributed by atoms with van der Waals surface area (Å²) >= 11 is 6.33. The fraction of sp³-hybridized carbons (Fsp3) is 0.381. The monoisotopic (exact) mass is 387 g/mol. The number of phenolic OH excluding ortho intramolecular Hbond substituents is 1. The molecule has 1 N–H and O–H groups in total. The molecule has 1 saturated heterocycles. The largest absolute Gasteiger partial charge is 0.508 e. The molecule has 2 heterocycles. The molecule has 0 radical (unpaired) electrons. The van der Waals surface area contributed by atoms with Gasteiger partial charge in [-0.05, 0) is 48.1 Å². The molecule has 142 valence electrons. The van der Waals surface area contributed by atoms with Crippen LogP contribution in [0, 0.1) is 5.92 Å². The van der Waals surface area contributed by atoms with Gasteiger partial charge in [-0.15, -0.1) is 0 Å². The lowest BCUT2D eigenvalue weighted by molar-refractivity contribution is -0.129. The molecule has 2 aromatic carbocycles. The molecule has 1 unspecified atom stereocenters. The molecular formula is C21H22ClNO4. The Labute approximate surface area is 163 Å². The van der Waals surface area contributed by atoms with Crippen molar-refractivity contribution in [1.29, 1.82) is 0 Å². The molecule has 0 aromatic heterocycles. The van der Waals surface area contributed by atoms with Crippen molar-refractivity contribution in [3.63, 3.8) is 0 Å². The summed E-state index contributed by atoms with van der Waals surface area (Å²) in [4.78, 5) is 14.6. The van der Waals surface area contributed by atoms with Crippen LogP contribution in [0.4, 0.5) is 0 Å². The minimum Gasteiger partial charge on any atom is -0.508 e. The molecule has 0 saturated carbocycles. The van der Waals surface area contributed by atoms with E-state index >= 15 is 0 Å². The van der Waals surface area contributed by atoms with Crippen molar-refractivity contribution in [3.8, 4) is 17.2 Å². The van der Waals surface area contributed by atoms with Crippen LogP contribution in [0.25, 0.3) is 0 Å². The van der Waals surface area contributed by atoms with E-state index < -0.39 is 0 Å². The highest BCUT2D eigenvalue weighted by atomic mass is 35.5. The lowest BCUT2D eigenvalue weighted by Crippen LogP contribution is -2.30. The van der Waals surface area contributed by atoms with Gasteiger partial charge in [-0.25, -0.2) is 0 Å². The first-order valence-electron chi connectivity index (χ1n) is 9.22. The van der Waals surface area contributed by atoms with Gasteiger partial charge in [0.15, 0.2) is 11.5 Å². The normalized spacial score (nSPS) is 18.6. The first-order chi connectivity index (χ1) is 13.1. The fourth-order valence-electron chi connectivity index (χ4n) is 3.76. The zero-order chi connectivity index (χ0) is 18.8. The summed E-state index contributed by atoms with van der Waals surface area (Å²) in [5.74, 6) is 2.05. The minimum absolute atomic E-state index is 0.0759. The summed E-state index contributed by atoms with van der Waals surface area (Å²) < 4.78 is 11.1. The first-order valence-corrected chi connectivity index (χ1v) is 9.60. The molecule has 1 amide bonds. The van der Waals surface area contributed by atoms with Gasteiger partial charge < -0.3 is 19.5 Å². The Morgan fingerprint density at radius 2 is 1.96 bits per heavy atom. The van der Waals surface area contributed by atoms with Gasteiger partial charge >= 0.3 is 0 Å². The zero-order valence-electron chi connectivity index (χ0n) is 15.0. The summed E-state index contributed by atoms with van der Waals surface area (Å²) in [5, 5.41) is 10.1. The van der Waals surface area contributed by atoms with Crippen LogP contribution in [-0.4, -0.2) is 42.2 Å². The fourth-order valence-corrected chi connectivity index (χ4v) is 3.98. The Morgan fingerprint density at radius 3 is 2.74 bits per heavy atom. The van der Waals surface area contributed by atoms with E-state index in [0.717, 1.165) is 37.1 Å². The third-order valence-electron chi connectivity index (χ3n) is 5.13. The van der Waals surface area contributed by atoms with Crippen LogP contribution in [0.1, 0.15) is 17.5 Å². The summed E-state index contributed by atoms with van der Waals surface area (Å²) in [6, 6.07) is 10.9. The Bertz CT molecular complexity index is 854. The summed E-state index contributed by atoms with van der Waals surface area (Å²) in [6.07, 6.45) is 2.09. The molecule has 27 heavy (non-hydrogen) atoms. The summed E-state index contributed by atoms with van der Waals surface area (Å²) in [6.45, 7) is 2.50. The third kappa shape index (κ3) is 4.14. The van der Waals surface area contributed by atoms with Crippen molar-refractivity contribution in [3.05, 3.63) is 52.5 Å². The van der Waals surface area contributed by atoms with E-state index in [-0.39, 0.29) is 18.1 Å². The quantitative estimate of drug-likeness (QED) is 0.872. The predicted molar refractivity (Wildman–Crippen MR) is 103 cm³/mol. The maximum Gasteiger partial charge on any atom is 0.227 e. The van der Waals surface area contributed by atoms with E-state index in [4.69, 9.17) is 21.1 Å². The average molecular weight is 388 g/mol. The number of phenols is 1. The second kappa shape index (κ2) is 7.69. The van der Waals surface area contributed by atoms with E-state index in [9.17, 15) is 9.90 Å². The van der Waals surface area contributed by atoms with Gasteiger partial charge in [0.1, 0.15) is 19.0 Å². The standard InChI is InChI=1S/C21H22ClNO4/c22-18-12-20-19(26-6-7-27-20)10-16(18)11-21(25)23-5-4-15(13-23)8-14-2-1-3-17(24)9-14/h1-3,9-10,12,15,24H,4-8,11,13H2.